The van der Waals surface area contributed by atoms with Gasteiger partial charge < -0.3 is 5.32 Å². The third-order valence-corrected chi connectivity index (χ3v) is 2.49. The Morgan fingerprint density at radius 1 is 1.50 bits per heavy atom. The lowest BCUT2D eigenvalue weighted by Crippen LogP contribution is -2.20. The first-order valence-electron chi connectivity index (χ1n) is 4.22. The van der Waals surface area contributed by atoms with Crippen molar-refractivity contribution in [3.8, 4) is 0 Å². The quantitative estimate of drug-likeness (QED) is 0.779. The summed E-state index contributed by atoms with van der Waals surface area (Å²) in [5, 5.41) is 2.78. The van der Waals surface area contributed by atoms with Gasteiger partial charge in [0.25, 0.3) is 0 Å². The molecule has 0 saturated carbocycles. The molecule has 1 rings (SSSR count). The van der Waals surface area contributed by atoms with Crippen LogP contribution in [-0.2, 0) is 4.79 Å². The topological polar surface area (TPSA) is 29.1 Å². The number of amides is 1. The van der Waals surface area contributed by atoms with E-state index in [1.807, 2.05) is 6.92 Å². The van der Waals surface area contributed by atoms with Crippen LogP contribution in [0.15, 0.2) is 18.2 Å². The number of hydrogen-bond acceptors (Lipinski definition) is 1. The number of anilines is 1. The fourth-order valence-electron chi connectivity index (χ4n) is 0.975. The monoisotopic (exact) mass is 231 g/mol. The molecule has 0 spiro atoms. The van der Waals surface area contributed by atoms with Crippen molar-refractivity contribution < 1.29 is 4.79 Å². The van der Waals surface area contributed by atoms with Crippen molar-refractivity contribution in [2.24, 2.45) is 0 Å². The van der Waals surface area contributed by atoms with Gasteiger partial charge in [0, 0.05) is 10.7 Å². The van der Waals surface area contributed by atoms with Crippen molar-refractivity contribution in [3.63, 3.8) is 0 Å². The molecule has 4 heteroatoms. The maximum atomic E-state index is 11.3. The lowest BCUT2D eigenvalue weighted by molar-refractivity contribution is -0.115. The summed E-state index contributed by atoms with van der Waals surface area (Å²) < 4.78 is 0. The number of carbonyl (C=O) groups excluding carboxylic acids is 1. The van der Waals surface area contributed by atoms with E-state index in [0.717, 1.165) is 5.56 Å². The van der Waals surface area contributed by atoms with Crippen molar-refractivity contribution in [1.82, 2.24) is 0 Å². The average Bonchev–Trinajstić information content (AvgIpc) is 2.12. The van der Waals surface area contributed by atoms with E-state index >= 15 is 0 Å². The van der Waals surface area contributed by atoms with Gasteiger partial charge in [-0.25, -0.2) is 0 Å². The second kappa shape index (κ2) is 4.67. The summed E-state index contributed by atoms with van der Waals surface area (Å²) in [4.78, 5) is 11.3. The molecule has 0 aliphatic heterocycles. The summed E-state index contributed by atoms with van der Waals surface area (Å²) in [6, 6.07) is 5.35. The Morgan fingerprint density at radius 2 is 2.14 bits per heavy atom. The van der Waals surface area contributed by atoms with E-state index in [1.54, 1.807) is 25.1 Å². The van der Waals surface area contributed by atoms with Gasteiger partial charge in [0.1, 0.15) is 5.38 Å². The number of nitrogens with one attached hydrogen (secondary N) is 1. The zero-order valence-electron chi connectivity index (χ0n) is 7.97. The molecule has 1 atom stereocenters. The Labute approximate surface area is 93.2 Å². The molecule has 76 valence electrons. The molecule has 1 aromatic carbocycles. The van der Waals surface area contributed by atoms with E-state index < -0.39 is 5.38 Å². The van der Waals surface area contributed by atoms with E-state index in [0.29, 0.717) is 10.7 Å². The summed E-state index contributed by atoms with van der Waals surface area (Å²) in [5.41, 5.74) is 1.55. The Bertz CT molecular complexity index is 350. The Morgan fingerprint density at radius 3 is 2.71 bits per heavy atom. The van der Waals surface area contributed by atoms with Gasteiger partial charge in [0.05, 0.1) is 0 Å². The third-order valence-electron chi connectivity index (χ3n) is 1.89. The molecular weight excluding hydrogens is 221 g/mol. The van der Waals surface area contributed by atoms with E-state index in [4.69, 9.17) is 23.2 Å². The molecule has 0 radical (unpaired) electrons. The second-order valence-corrected chi connectivity index (χ2v) is 4.08. The Hall–Kier alpha value is -0.730. The smallest absolute Gasteiger partial charge is 0.242 e. The van der Waals surface area contributed by atoms with Crippen LogP contribution in [0.2, 0.25) is 5.02 Å². The van der Waals surface area contributed by atoms with Gasteiger partial charge in [-0.05, 0) is 31.5 Å². The number of hydrogen-bond donors (Lipinski definition) is 1. The van der Waals surface area contributed by atoms with E-state index in [2.05, 4.69) is 5.32 Å². The van der Waals surface area contributed by atoms with Gasteiger partial charge in [0.2, 0.25) is 5.91 Å². The average molecular weight is 232 g/mol. The first kappa shape index (κ1) is 11.3. The van der Waals surface area contributed by atoms with Crippen LogP contribution < -0.4 is 5.32 Å². The Balaban J connectivity index is 2.87. The Kier molecular flexibility index (Phi) is 3.78. The van der Waals surface area contributed by atoms with Crippen molar-refractivity contribution in [3.05, 3.63) is 28.8 Å². The molecule has 0 aliphatic rings. The summed E-state index contributed by atoms with van der Waals surface area (Å²) in [6.45, 7) is 3.47. The van der Waals surface area contributed by atoms with Crippen LogP contribution in [0.5, 0.6) is 0 Å². The highest BCUT2D eigenvalue weighted by atomic mass is 35.5. The predicted octanol–water partition coefficient (Wildman–Crippen LogP) is 3.21. The van der Waals surface area contributed by atoms with Gasteiger partial charge >= 0.3 is 0 Å². The van der Waals surface area contributed by atoms with Gasteiger partial charge in [-0.3, -0.25) is 4.79 Å². The molecule has 1 aromatic rings. The fourth-order valence-corrected chi connectivity index (χ4v) is 1.20. The van der Waals surface area contributed by atoms with Crippen LogP contribution >= 0.6 is 23.2 Å². The largest absolute Gasteiger partial charge is 0.325 e. The number of rotatable bonds is 2. The molecule has 14 heavy (non-hydrogen) atoms. The maximum Gasteiger partial charge on any atom is 0.242 e. The maximum absolute atomic E-state index is 11.3. The lowest BCUT2D eigenvalue weighted by Gasteiger charge is -2.10. The van der Waals surface area contributed by atoms with Gasteiger partial charge in [-0.15, -0.1) is 11.6 Å². The summed E-state index contributed by atoms with van der Waals surface area (Å²) in [6.07, 6.45) is 0. The third kappa shape index (κ3) is 2.63. The van der Waals surface area contributed by atoms with Gasteiger partial charge in [-0.2, -0.15) is 0 Å². The van der Waals surface area contributed by atoms with Crippen LogP contribution in [0.4, 0.5) is 5.69 Å². The van der Waals surface area contributed by atoms with Gasteiger partial charge in [0.15, 0.2) is 0 Å². The van der Waals surface area contributed by atoms with Crippen LogP contribution in [0.25, 0.3) is 0 Å². The molecule has 0 aromatic heterocycles. The number of carbonyl (C=O) groups is 1. The van der Waals surface area contributed by atoms with Crippen LogP contribution in [0.1, 0.15) is 12.5 Å². The molecule has 0 aliphatic carbocycles. The van der Waals surface area contributed by atoms with E-state index in [9.17, 15) is 4.79 Å². The standard InChI is InChI=1S/C10H11Cl2NO/c1-6-8(12)4-3-5-9(6)13-10(14)7(2)11/h3-5,7H,1-2H3,(H,13,14)/t7-/m0/s1. The second-order valence-electron chi connectivity index (χ2n) is 3.02. The molecule has 1 amide bonds. The molecule has 0 fully saturated rings. The van der Waals surface area contributed by atoms with E-state index in [1.165, 1.54) is 0 Å². The van der Waals surface area contributed by atoms with Crippen LogP contribution in [0, 0.1) is 6.92 Å². The summed E-state index contributed by atoms with van der Waals surface area (Å²) in [7, 11) is 0. The highest BCUT2D eigenvalue weighted by Gasteiger charge is 2.10. The van der Waals surface area contributed by atoms with Crippen molar-refractivity contribution in [2.75, 3.05) is 5.32 Å². The summed E-state index contributed by atoms with van der Waals surface area (Å²) in [5.74, 6) is -0.225. The normalized spacial score (nSPS) is 12.3. The minimum absolute atomic E-state index is 0.225. The first-order chi connectivity index (χ1) is 6.52. The minimum Gasteiger partial charge on any atom is -0.325 e. The number of halogens is 2. The van der Waals surface area contributed by atoms with Crippen LogP contribution in [-0.4, -0.2) is 11.3 Å². The molecule has 2 nitrogen and oxygen atoms in total. The fraction of sp³-hybridized carbons (Fsp3) is 0.300. The molecule has 0 saturated heterocycles. The highest BCUT2D eigenvalue weighted by Crippen LogP contribution is 2.23. The summed E-state index contributed by atoms with van der Waals surface area (Å²) >= 11 is 11.5. The van der Waals surface area contributed by atoms with Crippen LogP contribution in [0.3, 0.4) is 0 Å². The number of benzene rings is 1. The minimum atomic E-state index is -0.548. The zero-order valence-corrected chi connectivity index (χ0v) is 9.49. The van der Waals surface area contributed by atoms with Gasteiger partial charge in [-0.1, -0.05) is 17.7 Å². The molecular formula is C10H11Cl2NO. The molecule has 1 N–H and O–H groups in total. The molecule has 0 bridgehead atoms. The zero-order chi connectivity index (χ0) is 10.7. The number of alkyl halides is 1. The predicted molar refractivity (Wildman–Crippen MR) is 60.1 cm³/mol. The SMILES string of the molecule is Cc1c(Cl)cccc1NC(=O)[C@H](C)Cl. The molecule has 0 heterocycles. The highest BCUT2D eigenvalue weighted by molar-refractivity contribution is 6.33. The molecule has 0 unspecified atom stereocenters. The first-order valence-corrected chi connectivity index (χ1v) is 5.04. The van der Waals surface area contributed by atoms with E-state index in [-0.39, 0.29) is 5.91 Å². The lowest BCUT2D eigenvalue weighted by atomic mass is 10.2. The van der Waals surface area contributed by atoms with Crippen molar-refractivity contribution in [2.45, 2.75) is 19.2 Å². The van der Waals surface area contributed by atoms with Crippen molar-refractivity contribution >= 4 is 34.8 Å². The van der Waals surface area contributed by atoms with Crippen molar-refractivity contribution in [1.29, 1.82) is 0 Å².